The molecule has 1 atom stereocenters. The molecule has 2 heterocycles. The average Bonchev–Trinajstić information content (AvgIpc) is 3.10. The molecule has 0 radical (unpaired) electrons. The maximum Gasteiger partial charge on any atom is 0.338 e. The van der Waals surface area contributed by atoms with Gasteiger partial charge in [-0.05, 0) is 44.7 Å². The lowest BCUT2D eigenvalue weighted by atomic mass is 9.94. The van der Waals surface area contributed by atoms with Gasteiger partial charge in [-0.1, -0.05) is 24.1 Å². The molecule has 0 spiro atoms. The van der Waals surface area contributed by atoms with Crippen LogP contribution in [-0.4, -0.2) is 26.8 Å². The summed E-state index contributed by atoms with van der Waals surface area (Å²) >= 11 is 6.31. The number of carbonyl (C=O) groups is 1. The van der Waals surface area contributed by atoms with Gasteiger partial charge in [-0.25, -0.2) is 13.9 Å². The van der Waals surface area contributed by atoms with E-state index in [-0.39, 0.29) is 16.7 Å². The number of halogens is 2. The number of rotatable bonds is 3. The van der Waals surface area contributed by atoms with E-state index >= 15 is 0 Å². The number of carbonyl (C=O) groups excluding carboxylic acids is 1. The summed E-state index contributed by atoms with van der Waals surface area (Å²) in [6.07, 6.45) is 6.20. The Morgan fingerprint density at radius 2 is 2.11 bits per heavy atom. The highest BCUT2D eigenvalue weighted by Crippen LogP contribution is 2.39. The topological polar surface area (TPSA) is 69.0 Å². The molecule has 1 aromatic heterocycles. The molecule has 4 rings (SSSR count). The minimum atomic E-state index is -0.839. The number of nitrogens with zero attached hydrogens (tertiary/aromatic N) is 3. The molecular weight excluding hydrogens is 371 g/mol. The van der Waals surface area contributed by atoms with Crippen molar-refractivity contribution in [3.63, 3.8) is 0 Å². The van der Waals surface area contributed by atoms with Gasteiger partial charge in [0.05, 0.1) is 5.57 Å². The van der Waals surface area contributed by atoms with Crippen molar-refractivity contribution in [1.29, 1.82) is 0 Å². The average molecular weight is 391 g/mol. The second-order valence-corrected chi connectivity index (χ2v) is 7.30. The molecule has 0 bridgehead atoms. The van der Waals surface area contributed by atoms with Gasteiger partial charge in [0, 0.05) is 16.3 Å². The van der Waals surface area contributed by atoms with Gasteiger partial charge in [-0.3, -0.25) is 0 Å². The fourth-order valence-corrected chi connectivity index (χ4v) is 4.06. The van der Waals surface area contributed by atoms with Crippen LogP contribution in [0.5, 0.6) is 0 Å². The summed E-state index contributed by atoms with van der Waals surface area (Å²) in [5.41, 5.74) is 1.04. The van der Waals surface area contributed by atoms with E-state index in [1.54, 1.807) is 13.0 Å². The Bertz CT molecular complexity index is 885. The van der Waals surface area contributed by atoms with E-state index in [0.29, 0.717) is 17.2 Å². The summed E-state index contributed by atoms with van der Waals surface area (Å²) in [5, 5.41) is 7.46. The highest BCUT2D eigenvalue weighted by Gasteiger charge is 2.37. The van der Waals surface area contributed by atoms with Crippen molar-refractivity contribution in [2.24, 2.45) is 0 Å². The van der Waals surface area contributed by atoms with E-state index in [1.165, 1.54) is 23.1 Å². The largest absolute Gasteiger partial charge is 0.459 e. The Hall–Kier alpha value is -2.41. The second-order valence-electron chi connectivity index (χ2n) is 6.90. The van der Waals surface area contributed by atoms with Gasteiger partial charge >= 0.3 is 5.97 Å². The molecule has 27 heavy (non-hydrogen) atoms. The number of benzene rings is 1. The molecule has 2 aromatic rings. The van der Waals surface area contributed by atoms with Crippen molar-refractivity contribution in [3.8, 4) is 0 Å². The SMILES string of the molecule is CC1=C(C(=O)OC2CCCCC2)C(c2c(F)cccc2Cl)n2ncnc2N1. The highest BCUT2D eigenvalue weighted by molar-refractivity contribution is 6.31. The molecule has 0 saturated heterocycles. The fourth-order valence-electron chi connectivity index (χ4n) is 3.79. The third-order valence-corrected chi connectivity index (χ3v) is 5.44. The number of ether oxygens (including phenoxy) is 1. The predicted molar refractivity (Wildman–Crippen MR) is 98.9 cm³/mol. The van der Waals surface area contributed by atoms with Gasteiger partial charge in [0.15, 0.2) is 0 Å². The number of aromatic nitrogens is 3. The smallest absolute Gasteiger partial charge is 0.338 e. The Kier molecular flexibility index (Phi) is 4.86. The van der Waals surface area contributed by atoms with Gasteiger partial charge in [-0.2, -0.15) is 10.1 Å². The van der Waals surface area contributed by atoms with Crippen molar-refractivity contribution < 1.29 is 13.9 Å². The number of fused-ring (bicyclic) bond motifs is 1. The summed E-state index contributed by atoms with van der Waals surface area (Å²) in [6.45, 7) is 1.75. The zero-order valence-corrected chi connectivity index (χ0v) is 15.7. The molecule has 1 unspecified atom stereocenters. The molecule has 1 aromatic carbocycles. The van der Waals surface area contributed by atoms with Crippen LogP contribution in [0.15, 0.2) is 35.8 Å². The second kappa shape index (κ2) is 7.31. The maximum absolute atomic E-state index is 14.7. The Morgan fingerprint density at radius 1 is 1.33 bits per heavy atom. The molecule has 1 saturated carbocycles. The molecule has 6 nitrogen and oxygen atoms in total. The normalized spacial score (nSPS) is 20.2. The van der Waals surface area contributed by atoms with Crippen molar-refractivity contribution in [2.45, 2.75) is 51.2 Å². The minimum Gasteiger partial charge on any atom is -0.459 e. The minimum absolute atomic E-state index is 0.111. The standard InChI is InChI=1S/C19H20ClFN4O2/c1-11-15(18(26)27-12-6-3-2-4-7-12)17(25-19(24-11)22-10-23-25)16-13(20)8-5-9-14(16)21/h5,8-10,12,17H,2-4,6-7H2,1H3,(H,22,23,24). The molecule has 1 N–H and O–H groups in total. The summed E-state index contributed by atoms with van der Waals surface area (Å²) in [7, 11) is 0. The van der Waals surface area contributed by atoms with Gasteiger partial charge in [-0.15, -0.1) is 0 Å². The Balaban J connectivity index is 1.76. The van der Waals surface area contributed by atoms with Gasteiger partial charge in [0.25, 0.3) is 0 Å². The lowest BCUT2D eigenvalue weighted by molar-refractivity contribution is -0.146. The van der Waals surface area contributed by atoms with Gasteiger partial charge < -0.3 is 10.1 Å². The number of allylic oxidation sites excluding steroid dienone is 1. The number of hydrogen-bond acceptors (Lipinski definition) is 5. The molecule has 0 amide bonds. The number of nitrogens with one attached hydrogen (secondary N) is 1. The van der Waals surface area contributed by atoms with Crippen molar-refractivity contribution in [1.82, 2.24) is 14.8 Å². The molecule has 2 aliphatic rings. The quantitative estimate of drug-likeness (QED) is 0.794. The van der Waals surface area contributed by atoms with Crippen molar-refractivity contribution in [3.05, 3.63) is 52.2 Å². The van der Waals surface area contributed by atoms with Crippen LogP contribution in [0.25, 0.3) is 0 Å². The first kappa shape index (κ1) is 18.0. The summed E-state index contributed by atoms with van der Waals surface area (Å²) in [6, 6.07) is 3.60. The first-order valence-electron chi connectivity index (χ1n) is 9.08. The Labute approximate surface area is 161 Å². The summed E-state index contributed by atoms with van der Waals surface area (Å²) in [4.78, 5) is 17.2. The number of anilines is 1. The van der Waals surface area contributed by atoms with E-state index in [0.717, 1.165) is 32.1 Å². The Morgan fingerprint density at radius 3 is 2.85 bits per heavy atom. The van der Waals surface area contributed by atoms with E-state index in [9.17, 15) is 9.18 Å². The summed E-state index contributed by atoms with van der Waals surface area (Å²) in [5.74, 6) is -0.560. The first-order chi connectivity index (χ1) is 13.1. The first-order valence-corrected chi connectivity index (χ1v) is 9.46. The zero-order valence-electron chi connectivity index (χ0n) is 14.9. The van der Waals surface area contributed by atoms with E-state index in [1.807, 2.05) is 0 Å². The van der Waals surface area contributed by atoms with Gasteiger partial charge in [0.1, 0.15) is 24.3 Å². The lowest BCUT2D eigenvalue weighted by Gasteiger charge is -2.30. The van der Waals surface area contributed by atoms with Crippen LogP contribution < -0.4 is 5.32 Å². The van der Waals surface area contributed by atoms with Gasteiger partial charge in [0.2, 0.25) is 5.95 Å². The van der Waals surface area contributed by atoms with E-state index in [2.05, 4.69) is 15.4 Å². The molecule has 142 valence electrons. The van der Waals surface area contributed by atoms with Crippen LogP contribution in [0.2, 0.25) is 5.02 Å². The monoisotopic (exact) mass is 390 g/mol. The van der Waals surface area contributed by atoms with Crippen LogP contribution in [-0.2, 0) is 9.53 Å². The van der Waals surface area contributed by atoms with Crippen LogP contribution in [0, 0.1) is 5.82 Å². The molecular formula is C19H20ClFN4O2. The lowest BCUT2D eigenvalue weighted by Crippen LogP contribution is -2.32. The van der Waals surface area contributed by atoms with E-state index < -0.39 is 17.8 Å². The number of esters is 1. The molecule has 1 fully saturated rings. The van der Waals surface area contributed by atoms with Crippen LogP contribution >= 0.6 is 11.6 Å². The highest BCUT2D eigenvalue weighted by atomic mass is 35.5. The maximum atomic E-state index is 14.7. The third-order valence-electron chi connectivity index (χ3n) is 5.11. The van der Waals surface area contributed by atoms with Crippen LogP contribution in [0.4, 0.5) is 10.3 Å². The van der Waals surface area contributed by atoms with Crippen molar-refractivity contribution >= 4 is 23.5 Å². The number of hydrogen-bond donors (Lipinski definition) is 1. The molecule has 1 aliphatic heterocycles. The third kappa shape index (κ3) is 3.32. The molecule has 8 heteroatoms. The predicted octanol–water partition coefficient (Wildman–Crippen LogP) is 4.24. The van der Waals surface area contributed by atoms with Crippen LogP contribution in [0.3, 0.4) is 0 Å². The van der Waals surface area contributed by atoms with Crippen molar-refractivity contribution in [2.75, 3.05) is 5.32 Å². The molecule has 1 aliphatic carbocycles. The van der Waals surface area contributed by atoms with E-state index in [4.69, 9.17) is 16.3 Å². The van der Waals surface area contributed by atoms with Crippen LogP contribution in [0.1, 0.15) is 50.6 Å². The summed E-state index contributed by atoms with van der Waals surface area (Å²) < 4.78 is 21.9. The fraction of sp³-hybridized carbons (Fsp3) is 0.421. The zero-order chi connectivity index (χ0) is 19.0.